The summed E-state index contributed by atoms with van der Waals surface area (Å²) in [6.07, 6.45) is 2.99. The van der Waals surface area contributed by atoms with Gasteiger partial charge in [0.25, 0.3) is 8.32 Å². The minimum Gasteiger partial charge on any atom is -0.537 e. The third-order valence-electron chi connectivity index (χ3n) is 6.85. The Morgan fingerprint density at radius 3 is 2.60 bits per heavy atom. The van der Waals surface area contributed by atoms with Gasteiger partial charge >= 0.3 is 0 Å². The van der Waals surface area contributed by atoms with Gasteiger partial charge < -0.3 is 4.43 Å². The number of carbonyl (C=O) groups is 1. The first-order chi connectivity index (χ1) is 14.1. The number of benzene rings is 1. The first-order valence-corrected chi connectivity index (χ1v) is 15.0. The minimum atomic E-state index is -1.86. The van der Waals surface area contributed by atoms with Crippen LogP contribution >= 0.6 is 22.9 Å². The molecule has 6 heteroatoms. The Balaban J connectivity index is 1.58. The van der Waals surface area contributed by atoms with Crippen LogP contribution in [0.15, 0.2) is 30.3 Å². The Morgan fingerprint density at radius 1 is 1.27 bits per heavy atom. The number of hydrogen-bond donors (Lipinski definition) is 0. The van der Waals surface area contributed by atoms with Gasteiger partial charge in [-0.1, -0.05) is 50.6 Å². The fraction of sp³-hybridized carbons (Fsp3) is 0.542. The van der Waals surface area contributed by atoms with Crippen LogP contribution in [-0.4, -0.2) is 25.5 Å². The summed E-state index contributed by atoms with van der Waals surface area (Å²) >= 11 is 8.33. The number of halogens is 1. The molecule has 1 saturated carbocycles. The van der Waals surface area contributed by atoms with Crippen molar-refractivity contribution in [3.63, 3.8) is 0 Å². The quantitative estimate of drug-likeness (QED) is 0.440. The second kappa shape index (κ2) is 8.08. The number of hydrogen-bond acceptors (Lipinski definition) is 4. The van der Waals surface area contributed by atoms with E-state index in [1.54, 1.807) is 11.3 Å². The van der Waals surface area contributed by atoms with Gasteiger partial charge in [0, 0.05) is 28.9 Å². The lowest BCUT2D eigenvalue weighted by atomic mass is 9.95. The maximum atomic E-state index is 13.3. The third kappa shape index (κ3) is 4.40. The van der Waals surface area contributed by atoms with Crippen molar-refractivity contribution >= 4 is 37.0 Å². The highest BCUT2D eigenvalue weighted by molar-refractivity contribution is 7.14. The summed E-state index contributed by atoms with van der Waals surface area (Å²) in [5.41, 5.74) is 2.26. The van der Waals surface area contributed by atoms with E-state index in [0.717, 1.165) is 43.0 Å². The van der Waals surface area contributed by atoms with Crippen LogP contribution in [0.4, 0.5) is 0 Å². The van der Waals surface area contributed by atoms with Gasteiger partial charge in [0.15, 0.2) is 10.8 Å². The van der Waals surface area contributed by atoms with Gasteiger partial charge in [-0.05, 0) is 60.7 Å². The van der Waals surface area contributed by atoms with Gasteiger partial charge in [0.1, 0.15) is 0 Å². The molecule has 0 radical (unpaired) electrons. The number of nitrogens with zero attached hydrogens (tertiary/aromatic N) is 1. The molecule has 2 aliphatic rings. The van der Waals surface area contributed by atoms with E-state index in [4.69, 9.17) is 16.0 Å². The van der Waals surface area contributed by atoms with E-state index in [-0.39, 0.29) is 17.0 Å². The summed E-state index contributed by atoms with van der Waals surface area (Å²) in [6, 6.07) is 9.81. The molecule has 0 N–H and O–H groups in total. The van der Waals surface area contributed by atoms with Crippen molar-refractivity contribution in [3.05, 3.63) is 51.4 Å². The number of thiophene rings is 1. The minimum absolute atomic E-state index is 0.176. The van der Waals surface area contributed by atoms with Crippen molar-refractivity contribution in [2.24, 2.45) is 5.92 Å². The molecule has 4 rings (SSSR count). The van der Waals surface area contributed by atoms with E-state index in [1.807, 2.05) is 24.3 Å². The third-order valence-corrected chi connectivity index (χ3v) is 12.8. The van der Waals surface area contributed by atoms with Crippen molar-refractivity contribution in [1.82, 2.24) is 4.90 Å². The highest BCUT2D eigenvalue weighted by Crippen LogP contribution is 2.44. The SMILES string of the molecule is CC(C)(C)[Si](C)(C)Oc1cc2c(s1)CCN(C(C(=O)C1CC1)c1ccccc1Cl)C2. The van der Waals surface area contributed by atoms with Crippen LogP contribution in [0.25, 0.3) is 0 Å². The van der Waals surface area contributed by atoms with Crippen molar-refractivity contribution in [2.75, 3.05) is 6.54 Å². The normalized spacial score (nSPS) is 18.7. The summed E-state index contributed by atoms with van der Waals surface area (Å²) in [5.74, 6) is 0.534. The van der Waals surface area contributed by atoms with Crippen LogP contribution in [0.2, 0.25) is 23.2 Å². The van der Waals surface area contributed by atoms with Gasteiger partial charge in [-0.25, -0.2) is 0 Å². The molecule has 30 heavy (non-hydrogen) atoms. The lowest BCUT2D eigenvalue weighted by Gasteiger charge is -2.35. The highest BCUT2D eigenvalue weighted by atomic mass is 35.5. The smallest absolute Gasteiger partial charge is 0.251 e. The Labute approximate surface area is 190 Å². The average Bonchev–Trinajstić information content (AvgIpc) is 3.43. The zero-order valence-corrected chi connectivity index (χ0v) is 21.2. The maximum absolute atomic E-state index is 13.3. The first kappa shape index (κ1) is 22.1. The molecular formula is C24H32ClNO2SSi. The van der Waals surface area contributed by atoms with E-state index in [1.165, 1.54) is 10.4 Å². The molecule has 1 aliphatic heterocycles. The van der Waals surface area contributed by atoms with Crippen molar-refractivity contribution in [1.29, 1.82) is 0 Å². The Kier molecular flexibility index (Phi) is 5.95. The summed E-state index contributed by atoms with van der Waals surface area (Å²) < 4.78 is 6.57. The summed E-state index contributed by atoms with van der Waals surface area (Å²) in [4.78, 5) is 17.0. The average molecular weight is 462 g/mol. The zero-order valence-electron chi connectivity index (χ0n) is 18.6. The van der Waals surface area contributed by atoms with E-state index in [9.17, 15) is 4.79 Å². The van der Waals surface area contributed by atoms with Gasteiger partial charge in [0.05, 0.1) is 6.04 Å². The molecule has 1 aromatic heterocycles. The van der Waals surface area contributed by atoms with E-state index < -0.39 is 8.32 Å². The fourth-order valence-electron chi connectivity index (χ4n) is 3.82. The van der Waals surface area contributed by atoms with Gasteiger partial charge in [-0.3, -0.25) is 9.69 Å². The van der Waals surface area contributed by atoms with E-state index in [2.05, 4.69) is 44.8 Å². The molecule has 0 spiro atoms. The van der Waals surface area contributed by atoms with Crippen LogP contribution in [0, 0.1) is 5.92 Å². The summed E-state index contributed by atoms with van der Waals surface area (Å²) in [5, 5.41) is 1.90. The summed E-state index contributed by atoms with van der Waals surface area (Å²) in [7, 11) is -1.86. The van der Waals surface area contributed by atoms with Gasteiger partial charge in [-0.15, -0.1) is 11.3 Å². The van der Waals surface area contributed by atoms with E-state index in [0.29, 0.717) is 10.8 Å². The van der Waals surface area contributed by atoms with Crippen LogP contribution in [-0.2, 0) is 17.8 Å². The zero-order chi connectivity index (χ0) is 21.7. The van der Waals surface area contributed by atoms with Crippen molar-refractivity contribution in [2.45, 2.75) is 70.8 Å². The van der Waals surface area contributed by atoms with Crippen molar-refractivity contribution < 1.29 is 9.22 Å². The van der Waals surface area contributed by atoms with Gasteiger partial charge in [-0.2, -0.15) is 0 Å². The topological polar surface area (TPSA) is 29.5 Å². The number of Topliss-reactive ketones (excluding diaryl/α,β-unsaturated/α-hetero) is 1. The van der Waals surface area contributed by atoms with Crippen LogP contribution < -0.4 is 4.43 Å². The number of ketones is 1. The molecule has 1 fully saturated rings. The molecule has 2 aromatic rings. The summed E-state index contributed by atoms with van der Waals surface area (Å²) in [6.45, 7) is 13.0. The van der Waals surface area contributed by atoms with Gasteiger partial charge in [0.2, 0.25) is 0 Å². The monoisotopic (exact) mass is 461 g/mol. The molecular weight excluding hydrogens is 430 g/mol. The second-order valence-corrected chi connectivity index (χ2v) is 16.4. The number of rotatable bonds is 6. The van der Waals surface area contributed by atoms with Crippen LogP contribution in [0.5, 0.6) is 5.06 Å². The molecule has 1 unspecified atom stereocenters. The Morgan fingerprint density at radius 2 is 1.97 bits per heavy atom. The maximum Gasteiger partial charge on any atom is 0.251 e. The molecule has 1 aliphatic carbocycles. The lowest BCUT2D eigenvalue weighted by Crippen LogP contribution is -2.43. The molecule has 1 atom stereocenters. The molecule has 0 bridgehead atoms. The van der Waals surface area contributed by atoms with E-state index >= 15 is 0 Å². The van der Waals surface area contributed by atoms with Crippen molar-refractivity contribution in [3.8, 4) is 5.06 Å². The van der Waals surface area contributed by atoms with Crippen LogP contribution in [0.1, 0.15) is 55.7 Å². The highest BCUT2D eigenvalue weighted by Gasteiger charge is 2.41. The Hall–Kier alpha value is -1.14. The number of fused-ring (bicyclic) bond motifs is 1. The molecule has 0 amide bonds. The molecule has 162 valence electrons. The predicted molar refractivity (Wildman–Crippen MR) is 128 cm³/mol. The first-order valence-electron chi connectivity index (χ1n) is 10.9. The predicted octanol–water partition coefficient (Wildman–Crippen LogP) is 6.86. The Bertz CT molecular complexity index is 945. The number of carbonyl (C=O) groups excluding carboxylic acids is 1. The lowest BCUT2D eigenvalue weighted by molar-refractivity contribution is -0.126. The largest absolute Gasteiger partial charge is 0.537 e. The molecule has 2 heterocycles. The standard InChI is InChI=1S/C24H32ClNO2SSi/c1-24(2,3)30(4,5)28-21-14-17-15-26(13-12-20(17)29-21)22(23(27)16-10-11-16)18-8-6-7-9-19(18)25/h6-9,14,16,22H,10-13,15H2,1-5H3. The molecule has 0 saturated heterocycles. The fourth-order valence-corrected chi connectivity index (χ4v) is 6.61. The van der Waals surface area contributed by atoms with Crippen LogP contribution in [0.3, 0.4) is 0 Å². The molecule has 1 aromatic carbocycles. The second-order valence-electron chi connectivity index (χ2n) is 10.2. The molecule has 3 nitrogen and oxygen atoms in total.